The molecule has 0 aromatic rings. The summed E-state index contributed by atoms with van der Waals surface area (Å²) in [4.78, 5) is 36.3. The number of likely N-dealkylation sites (N-methyl/N-ethyl adjacent to an activating group) is 1. The molecular formula is C34H56NO7+. The van der Waals surface area contributed by atoms with Crippen LogP contribution in [0.1, 0.15) is 84.5 Å². The Balaban J connectivity index is 4.71. The van der Waals surface area contributed by atoms with E-state index in [0.717, 1.165) is 44.9 Å². The fourth-order valence-electron chi connectivity index (χ4n) is 3.84. The lowest BCUT2D eigenvalue weighted by atomic mass is 10.1. The number of carbonyl (C=O) groups is 3. The Morgan fingerprint density at radius 2 is 1.31 bits per heavy atom. The van der Waals surface area contributed by atoms with Crippen LogP contribution in [0.5, 0.6) is 0 Å². The number of unbranched alkanes of at least 4 members (excludes halogenated alkanes) is 2. The molecule has 0 aromatic carbocycles. The summed E-state index contributed by atoms with van der Waals surface area (Å²) in [7, 11) is 5.45. The van der Waals surface area contributed by atoms with Gasteiger partial charge in [-0.1, -0.05) is 74.6 Å². The van der Waals surface area contributed by atoms with E-state index < -0.39 is 24.1 Å². The number of aliphatic carboxylic acids is 1. The molecule has 0 heterocycles. The summed E-state index contributed by atoms with van der Waals surface area (Å²) in [5.41, 5.74) is 0. The Morgan fingerprint density at radius 3 is 1.88 bits per heavy atom. The smallest absolute Gasteiger partial charge is 0.362 e. The van der Waals surface area contributed by atoms with Gasteiger partial charge >= 0.3 is 17.9 Å². The Kier molecular flexibility index (Phi) is 23.9. The van der Waals surface area contributed by atoms with Gasteiger partial charge in [-0.25, -0.2) is 4.79 Å². The fraction of sp³-hybridized carbons (Fsp3) is 0.618. The molecule has 8 heteroatoms. The molecule has 1 N–H and O–H groups in total. The number of allylic oxidation sites excluding steroid dienone is 9. The highest BCUT2D eigenvalue weighted by atomic mass is 16.6. The van der Waals surface area contributed by atoms with Gasteiger partial charge < -0.3 is 23.8 Å². The van der Waals surface area contributed by atoms with Crippen LogP contribution in [0.3, 0.4) is 0 Å². The van der Waals surface area contributed by atoms with E-state index in [4.69, 9.17) is 14.2 Å². The van der Waals surface area contributed by atoms with Gasteiger partial charge in [0.2, 0.25) is 0 Å². The Hall–Kier alpha value is -2.97. The number of rotatable bonds is 25. The molecule has 0 radical (unpaired) electrons. The number of carboxylic acids is 1. The van der Waals surface area contributed by atoms with Crippen molar-refractivity contribution in [1.29, 1.82) is 0 Å². The minimum atomic E-state index is -0.897. The number of carboxylic acid groups (broad SMARTS) is 1. The molecule has 0 saturated heterocycles. The molecular weight excluding hydrogens is 534 g/mol. The second-order valence-corrected chi connectivity index (χ2v) is 11.0. The number of hydrogen-bond acceptors (Lipinski definition) is 6. The first-order chi connectivity index (χ1) is 20.1. The van der Waals surface area contributed by atoms with Crippen molar-refractivity contribution in [1.82, 2.24) is 0 Å². The van der Waals surface area contributed by atoms with Crippen LogP contribution in [0.15, 0.2) is 60.8 Å². The lowest BCUT2D eigenvalue weighted by Crippen LogP contribution is -2.50. The molecule has 0 aromatic heterocycles. The van der Waals surface area contributed by atoms with Crippen LogP contribution in [0, 0.1) is 0 Å². The Labute approximate surface area is 254 Å². The summed E-state index contributed by atoms with van der Waals surface area (Å²) in [6, 6.07) is -0.631. The predicted molar refractivity (Wildman–Crippen MR) is 169 cm³/mol. The molecule has 0 aliphatic carbocycles. The molecule has 2 unspecified atom stereocenters. The zero-order valence-electron chi connectivity index (χ0n) is 26.7. The van der Waals surface area contributed by atoms with Gasteiger partial charge in [0.15, 0.2) is 12.1 Å². The maximum absolute atomic E-state index is 12.4. The average molecular weight is 591 g/mol. The van der Waals surface area contributed by atoms with Crippen LogP contribution in [-0.4, -0.2) is 80.6 Å². The molecule has 0 rings (SSSR count). The molecule has 8 nitrogen and oxygen atoms in total. The highest BCUT2D eigenvalue weighted by Gasteiger charge is 2.31. The summed E-state index contributed by atoms with van der Waals surface area (Å²) in [5.74, 6) is -1.69. The van der Waals surface area contributed by atoms with Gasteiger partial charge in [-0.15, -0.1) is 0 Å². The SMILES string of the molecule is CC/C=C/C/C=C/C/C=C/CC(=O)OC(COCCC(C(=O)O)[N+](C)(C)C)COC(=O)CCCC/C=C/C/C=C/CC. The van der Waals surface area contributed by atoms with Crippen LogP contribution in [0.2, 0.25) is 0 Å². The average Bonchev–Trinajstić information content (AvgIpc) is 2.92. The first-order valence-electron chi connectivity index (χ1n) is 15.3. The van der Waals surface area contributed by atoms with Gasteiger partial charge in [0.05, 0.1) is 40.8 Å². The standard InChI is InChI=1S/C34H55NO7/c1-6-8-10-12-14-16-18-20-22-24-32(36)41-29-30(28-40-27-26-31(34(38)39)35(3,4)5)42-33(37)25-23-21-19-17-15-13-11-9-7-2/h8-11,14-17,21,23,30-31H,6-7,12-13,18-20,22,24-29H2,1-5H3/p+1/b10-8+,11-9+,16-14+,17-15+,23-21+. The highest BCUT2D eigenvalue weighted by molar-refractivity contribution is 5.72. The van der Waals surface area contributed by atoms with Crippen LogP contribution in [0.4, 0.5) is 0 Å². The van der Waals surface area contributed by atoms with Crippen molar-refractivity contribution in [3.05, 3.63) is 60.8 Å². The zero-order chi connectivity index (χ0) is 31.5. The fourth-order valence-corrected chi connectivity index (χ4v) is 3.84. The van der Waals surface area contributed by atoms with Gasteiger partial charge in [0, 0.05) is 12.8 Å². The second kappa shape index (κ2) is 25.7. The first kappa shape index (κ1) is 39.0. The van der Waals surface area contributed by atoms with Gasteiger partial charge in [-0.05, 0) is 51.4 Å². The van der Waals surface area contributed by atoms with E-state index in [1.165, 1.54) is 0 Å². The van der Waals surface area contributed by atoms with Crippen LogP contribution in [0.25, 0.3) is 0 Å². The number of nitrogens with zero attached hydrogens (tertiary/aromatic N) is 1. The first-order valence-corrected chi connectivity index (χ1v) is 15.3. The lowest BCUT2D eigenvalue weighted by molar-refractivity contribution is -0.887. The summed E-state index contributed by atoms with van der Waals surface area (Å²) in [6.45, 7) is 4.28. The van der Waals surface area contributed by atoms with Crippen molar-refractivity contribution in [2.24, 2.45) is 0 Å². The Bertz CT molecular complexity index is 881. The van der Waals surface area contributed by atoms with Crippen LogP contribution in [-0.2, 0) is 28.6 Å². The van der Waals surface area contributed by atoms with Crippen LogP contribution >= 0.6 is 0 Å². The number of hydrogen-bond donors (Lipinski definition) is 1. The summed E-state index contributed by atoms with van der Waals surface area (Å²) >= 11 is 0. The van der Waals surface area contributed by atoms with Gasteiger partial charge in [0.25, 0.3) is 0 Å². The number of ether oxygens (including phenoxy) is 3. The normalized spacial score (nSPS) is 14.0. The molecule has 2 atom stereocenters. The van der Waals surface area contributed by atoms with E-state index in [0.29, 0.717) is 19.3 Å². The molecule has 238 valence electrons. The quantitative estimate of drug-likeness (QED) is 0.0545. The van der Waals surface area contributed by atoms with Crippen molar-refractivity contribution in [3.8, 4) is 0 Å². The predicted octanol–water partition coefficient (Wildman–Crippen LogP) is 6.73. The van der Waals surface area contributed by atoms with Gasteiger partial charge in [0.1, 0.15) is 6.61 Å². The molecule has 0 bridgehead atoms. The van der Waals surface area contributed by atoms with Crippen molar-refractivity contribution < 1.29 is 38.2 Å². The number of carbonyl (C=O) groups excluding carboxylic acids is 2. The molecule has 0 saturated carbocycles. The second-order valence-electron chi connectivity index (χ2n) is 11.0. The minimum absolute atomic E-state index is 0.0114. The molecule has 0 amide bonds. The van der Waals surface area contributed by atoms with Crippen LogP contribution < -0.4 is 0 Å². The van der Waals surface area contributed by atoms with E-state index >= 15 is 0 Å². The summed E-state index contributed by atoms with van der Waals surface area (Å²) in [5, 5.41) is 9.51. The van der Waals surface area contributed by atoms with Crippen molar-refractivity contribution >= 4 is 17.9 Å². The Morgan fingerprint density at radius 1 is 0.738 bits per heavy atom. The van der Waals surface area contributed by atoms with E-state index in [1.807, 2.05) is 33.3 Å². The van der Waals surface area contributed by atoms with Gasteiger partial charge in [-0.3, -0.25) is 9.59 Å². The van der Waals surface area contributed by atoms with E-state index in [9.17, 15) is 19.5 Å². The molecule has 0 fully saturated rings. The molecule has 42 heavy (non-hydrogen) atoms. The molecule has 0 spiro atoms. The maximum atomic E-state index is 12.4. The molecule has 0 aliphatic rings. The minimum Gasteiger partial charge on any atom is -0.477 e. The number of quaternary nitrogens is 1. The third-order valence-corrected chi connectivity index (χ3v) is 6.20. The highest BCUT2D eigenvalue weighted by Crippen LogP contribution is 2.10. The van der Waals surface area contributed by atoms with Gasteiger partial charge in [-0.2, -0.15) is 0 Å². The topological polar surface area (TPSA) is 99.1 Å². The maximum Gasteiger partial charge on any atom is 0.362 e. The van der Waals surface area contributed by atoms with Crippen molar-refractivity contribution in [2.45, 2.75) is 96.6 Å². The summed E-state index contributed by atoms with van der Waals surface area (Å²) < 4.78 is 16.9. The lowest BCUT2D eigenvalue weighted by Gasteiger charge is -2.31. The number of esters is 2. The summed E-state index contributed by atoms with van der Waals surface area (Å²) in [6.07, 6.45) is 27.6. The van der Waals surface area contributed by atoms with Crippen molar-refractivity contribution in [2.75, 3.05) is 41.0 Å². The monoisotopic (exact) mass is 590 g/mol. The molecule has 0 aliphatic heterocycles. The van der Waals surface area contributed by atoms with E-state index in [1.54, 1.807) is 6.08 Å². The largest absolute Gasteiger partial charge is 0.477 e. The van der Waals surface area contributed by atoms with Crippen molar-refractivity contribution in [3.63, 3.8) is 0 Å². The van der Waals surface area contributed by atoms with E-state index in [-0.39, 0.29) is 36.7 Å². The van der Waals surface area contributed by atoms with E-state index in [2.05, 4.69) is 56.4 Å². The third kappa shape index (κ3) is 23.7. The third-order valence-electron chi connectivity index (χ3n) is 6.20. The zero-order valence-corrected chi connectivity index (χ0v) is 26.7.